The molecule has 2 aromatic heterocycles. The molecule has 4 heterocycles. The minimum Gasteiger partial charge on any atom is -0.508 e. The topological polar surface area (TPSA) is 169 Å². The molecule has 9 rings (SSSR count). The number of aromatic hydroxyl groups is 1. The van der Waals surface area contributed by atoms with Crippen molar-refractivity contribution in [3.05, 3.63) is 56.9 Å². The Hall–Kier alpha value is -4.62. The summed E-state index contributed by atoms with van der Waals surface area (Å²) in [5, 5.41) is 23.0. The molecule has 1 unspecified atom stereocenters. The van der Waals surface area contributed by atoms with Crippen LogP contribution in [-0.2, 0) is 53.9 Å². The summed E-state index contributed by atoms with van der Waals surface area (Å²) in [4.78, 5) is 74.6. The first-order valence-electron chi connectivity index (χ1n) is 22.3. The number of phenolic OH excluding ortho intramolecular Hbond substituents is 1. The second-order valence-electron chi connectivity index (χ2n) is 20.2. The van der Waals surface area contributed by atoms with Crippen LogP contribution in [0.2, 0.25) is 0 Å². The summed E-state index contributed by atoms with van der Waals surface area (Å²) in [7, 11) is 3.28. The average Bonchev–Trinajstić information content (AvgIpc) is 3.78. The van der Waals surface area contributed by atoms with Gasteiger partial charge >= 0.3 is 5.97 Å². The normalized spacial score (nSPS) is 31.3. The van der Waals surface area contributed by atoms with Crippen molar-refractivity contribution in [1.29, 1.82) is 0 Å². The maximum absolute atomic E-state index is 14.2. The first-order chi connectivity index (χ1) is 28.8. The number of fused-ring (bicyclic) bond motifs is 10. The highest BCUT2D eigenvalue weighted by Gasteiger charge is 2.60. The molecule has 8 atom stereocenters. The fourth-order valence-electron chi connectivity index (χ4n) is 13.0. The van der Waals surface area contributed by atoms with Gasteiger partial charge in [-0.05, 0) is 124 Å². The van der Waals surface area contributed by atoms with Gasteiger partial charge in [-0.1, -0.05) is 20.8 Å². The van der Waals surface area contributed by atoms with Crippen molar-refractivity contribution < 1.29 is 38.9 Å². The highest BCUT2D eigenvalue weighted by molar-refractivity contribution is 5.93. The summed E-state index contributed by atoms with van der Waals surface area (Å²) in [5.41, 5.74) is -0.124. The molecule has 13 nitrogen and oxygen atoms in total. The Labute approximate surface area is 356 Å². The zero-order valence-corrected chi connectivity index (χ0v) is 36.6. The minimum absolute atomic E-state index is 0.0113. The van der Waals surface area contributed by atoms with Gasteiger partial charge < -0.3 is 34.1 Å². The number of rotatable bonds is 8. The van der Waals surface area contributed by atoms with E-state index in [1.165, 1.54) is 22.3 Å². The zero-order valence-electron chi connectivity index (χ0n) is 36.6. The van der Waals surface area contributed by atoms with Crippen molar-refractivity contribution in [2.75, 3.05) is 20.7 Å². The van der Waals surface area contributed by atoms with Crippen molar-refractivity contribution in [3.8, 4) is 17.1 Å². The molecule has 61 heavy (non-hydrogen) atoms. The van der Waals surface area contributed by atoms with E-state index < -0.39 is 17.1 Å². The molecule has 6 aliphatic rings. The van der Waals surface area contributed by atoms with Gasteiger partial charge in [0.25, 0.3) is 5.56 Å². The largest absolute Gasteiger partial charge is 0.508 e. The average molecular weight is 837 g/mol. The maximum Gasteiger partial charge on any atom is 0.343 e. The fraction of sp³-hybridized carbons (Fsp3) is 0.625. The van der Waals surface area contributed by atoms with E-state index in [2.05, 4.69) is 13.8 Å². The lowest BCUT2D eigenvalue weighted by molar-refractivity contribution is -0.172. The Morgan fingerprint density at radius 2 is 1.77 bits per heavy atom. The number of ether oxygens (including phenoxy) is 2. The number of benzene rings is 1. The van der Waals surface area contributed by atoms with E-state index in [4.69, 9.17) is 14.5 Å². The Kier molecular flexibility index (Phi) is 9.90. The highest BCUT2D eigenvalue weighted by atomic mass is 16.6. The van der Waals surface area contributed by atoms with E-state index in [0.717, 1.165) is 51.4 Å². The fourth-order valence-corrected chi connectivity index (χ4v) is 13.0. The number of hydrogen-bond donors (Lipinski definition) is 2. The van der Waals surface area contributed by atoms with E-state index in [-0.39, 0.29) is 83.9 Å². The van der Waals surface area contributed by atoms with Gasteiger partial charge in [0, 0.05) is 55.6 Å². The van der Waals surface area contributed by atoms with Crippen LogP contribution in [0.25, 0.3) is 22.3 Å². The quantitative estimate of drug-likeness (QED) is 0.202. The van der Waals surface area contributed by atoms with Crippen molar-refractivity contribution in [3.63, 3.8) is 0 Å². The molecule has 4 fully saturated rings. The molecule has 0 radical (unpaired) electrons. The van der Waals surface area contributed by atoms with E-state index in [0.29, 0.717) is 62.9 Å². The number of cyclic esters (lactones) is 1. The predicted molar refractivity (Wildman–Crippen MR) is 226 cm³/mol. The minimum atomic E-state index is -1.94. The van der Waals surface area contributed by atoms with Crippen LogP contribution < -0.4 is 5.56 Å². The monoisotopic (exact) mass is 836 g/mol. The van der Waals surface area contributed by atoms with E-state index >= 15 is 0 Å². The summed E-state index contributed by atoms with van der Waals surface area (Å²) >= 11 is 0. The van der Waals surface area contributed by atoms with Crippen LogP contribution >= 0.6 is 0 Å². The zero-order chi connectivity index (χ0) is 43.6. The van der Waals surface area contributed by atoms with Crippen LogP contribution in [-0.4, -0.2) is 85.5 Å². The number of carbonyl (C=O) groups excluding carboxylic acids is 4. The summed E-state index contributed by atoms with van der Waals surface area (Å²) < 4.78 is 13.3. The summed E-state index contributed by atoms with van der Waals surface area (Å²) in [6, 6.07) is 6.73. The van der Waals surface area contributed by atoms with Crippen molar-refractivity contribution in [2.24, 2.45) is 34.5 Å². The summed E-state index contributed by atoms with van der Waals surface area (Å²) in [6.07, 6.45) is 9.01. The van der Waals surface area contributed by atoms with Gasteiger partial charge in [-0.3, -0.25) is 19.2 Å². The molecule has 2 N–H and O–H groups in total. The number of aromatic nitrogens is 2. The van der Waals surface area contributed by atoms with E-state index in [9.17, 15) is 34.2 Å². The van der Waals surface area contributed by atoms with Crippen LogP contribution in [0.5, 0.6) is 5.75 Å². The van der Waals surface area contributed by atoms with Gasteiger partial charge in [0.15, 0.2) is 5.60 Å². The van der Waals surface area contributed by atoms with Gasteiger partial charge in [-0.15, -0.1) is 0 Å². The number of hydrogen-bond acceptors (Lipinski definition) is 10. The second-order valence-corrected chi connectivity index (χ2v) is 20.2. The number of Topliss-reactive ketones (excluding diaryl/α,β-unsaturated/α-hetero) is 1. The first kappa shape index (κ1) is 41.7. The number of amides is 2. The van der Waals surface area contributed by atoms with Crippen LogP contribution in [0.4, 0.5) is 0 Å². The summed E-state index contributed by atoms with van der Waals surface area (Å²) in [6.45, 7) is 9.79. The van der Waals surface area contributed by atoms with E-state index in [1.807, 2.05) is 6.07 Å². The van der Waals surface area contributed by atoms with Gasteiger partial charge in [0.05, 0.1) is 35.1 Å². The van der Waals surface area contributed by atoms with Gasteiger partial charge in [0.1, 0.15) is 30.3 Å². The van der Waals surface area contributed by atoms with Crippen molar-refractivity contribution in [1.82, 2.24) is 19.4 Å². The molecular formula is C48H60N4O9. The van der Waals surface area contributed by atoms with Crippen LogP contribution in [0.1, 0.15) is 121 Å². The van der Waals surface area contributed by atoms with Crippen LogP contribution in [0.15, 0.2) is 29.1 Å². The molecule has 0 saturated heterocycles. The Morgan fingerprint density at radius 3 is 2.52 bits per heavy atom. The van der Waals surface area contributed by atoms with Gasteiger partial charge in [0.2, 0.25) is 11.8 Å². The smallest absolute Gasteiger partial charge is 0.343 e. The molecular weight excluding hydrogens is 777 g/mol. The predicted octanol–water partition coefficient (Wildman–Crippen LogP) is 5.98. The van der Waals surface area contributed by atoms with Gasteiger partial charge in [-0.2, -0.15) is 0 Å². The number of carbonyl (C=O) groups is 4. The number of pyridine rings is 2. The molecule has 4 saturated carbocycles. The Morgan fingerprint density at radius 1 is 1.02 bits per heavy atom. The number of aliphatic hydroxyl groups is 1. The standard InChI is InChI=1S/C48H60N4O9/c1-8-48(59)35-21-37-41-26(22-52(37)42(56)32(35)24-61-44(48)58)19-30-31(38(54)13-12-36(30)49-41)23-50(6)43(57)45(2,3)51(7)40(55)25-60-39-14-11-33-29-10-9-27-20-28(53)15-17-46(27,4)34(29)16-18-47(33,39)5/h12-13,19,21,27,29,33-34,39,54,59H,8-11,14-18,20,22-25H2,1-7H3/t27-,29?,33-,34-,39-,46-,47-,48-/m0/s1. The molecule has 2 amide bonds. The first-order valence-corrected chi connectivity index (χ1v) is 22.3. The SMILES string of the molecule is CC[C@@]1(O)C(=O)OCc2c1cc1n(c2=O)Cc2cc3c(CN(C)C(=O)C(C)(C)N(C)C(=O)CO[C@H]4CC[C@H]5C6CC[C@H]7CC(=O)CC[C@]7(C)[C@H]6CC[C@]45C)c(O)ccc3nc2-1. The van der Waals surface area contributed by atoms with E-state index in [1.54, 1.807) is 51.6 Å². The third-order valence-corrected chi connectivity index (χ3v) is 17.1. The molecule has 1 aromatic carbocycles. The number of likely N-dealkylation sites (N-methyl/N-ethyl adjacent to an activating group) is 2. The van der Waals surface area contributed by atoms with Crippen LogP contribution in [0, 0.1) is 34.5 Å². The molecule has 13 heteroatoms. The molecule has 0 spiro atoms. The third-order valence-electron chi connectivity index (χ3n) is 17.1. The Bertz CT molecular complexity index is 2440. The molecule has 4 aliphatic carbocycles. The van der Waals surface area contributed by atoms with Gasteiger partial charge in [-0.25, -0.2) is 9.78 Å². The molecule has 2 aliphatic heterocycles. The number of phenols is 1. The maximum atomic E-state index is 14.2. The lowest BCUT2D eigenvalue weighted by Gasteiger charge is -2.60. The summed E-state index contributed by atoms with van der Waals surface area (Å²) in [5.74, 6) is 1.35. The third kappa shape index (κ3) is 6.21. The molecule has 326 valence electrons. The number of esters is 1. The number of ketones is 1. The van der Waals surface area contributed by atoms with Crippen molar-refractivity contribution >= 4 is 34.5 Å². The number of nitrogens with zero attached hydrogens (tertiary/aromatic N) is 4. The lowest BCUT2D eigenvalue weighted by atomic mass is 9.45. The lowest BCUT2D eigenvalue weighted by Crippen LogP contribution is -2.56. The van der Waals surface area contributed by atoms with Crippen LogP contribution in [0.3, 0.4) is 0 Å². The molecule has 3 aromatic rings. The van der Waals surface area contributed by atoms with Crippen molar-refractivity contribution in [2.45, 2.75) is 136 Å². The second kappa shape index (κ2) is 14.5. The molecule has 0 bridgehead atoms. The highest BCUT2D eigenvalue weighted by Crippen LogP contribution is 2.66. The Balaban J connectivity index is 0.880.